The van der Waals surface area contributed by atoms with Crippen molar-refractivity contribution < 1.29 is 13.3 Å². The SMILES string of the molecule is CP(=O)(F)Oc1ccccc1. The molecule has 0 N–H and O–H groups in total. The summed E-state index contributed by atoms with van der Waals surface area (Å²) in [6.07, 6.45) is 0. The fourth-order valence-electron chi connectivity index (χ4n) is 0.670. The van der Waals surface area contributed by atoms with Crippen LogP contribution in [0.4, 0.5) is 4.20 Å². The Bertz CT molecular complexity index is 267. The van der Waals surface area contributed by atoms with Crippen molar-refractivity contribution in [2.24, 2.45) is 0 Å². The Morgan fingerprint density at radius 3 is 2.36 bits per heavy atom. The van der Waals surface area contributed by atoms with Crippen LogP contribution in [0.15, 0.2) is 30.3 Å². The molecule has 1 aromatic carbocycles. The van der Waals surface area contributed by atoms with Crippen molar-refractivity contribution in [2.75, 3.05) is 6.66 Å². The highest BCUT2D eigenvalue weighted by molar-refractivity contribution is 7.52. The van der Waals surface area contributed by atoms with Gasteiger partial charge in [-0.3, -0.25) is 0 Å². The van der Waals surface area contributed by atoms with Gasteiger partial charge in [-0.1, -0.05) is 18.2 Å². The van der Waals surface area contributed by atoms with Gasteiger partial charge >= 0.3 is 7.68 Å². The molecule has 1 aromatic rings. The minimum atomic E-state index is -3.89. The molecular weight excluding hydrogens is 166 g/mol. The van der Waals surface area contributed by atoms with E-state index in [-0.39, 0.29) is 0 Å². The van der Waals surface area contributed by atoms with Gasteiger partial charge in [0.2, 0.25) is 0 Å². The lowest BCUT2D eigenvalue weighted by Gasteiger charge is -2.04. The van der Waals surface area contributed by atoms with E-state index in [1.807, 2.05) is 0 Å². The monoisotopic (exact) mass is 174 g/mol. The third-order valence-electron chi connectivity index (χ3n) is 1.01. The summed E-state index contributed by atoms with van der Waals surface area (Å²) >= 11 is 0. The molecule has 1 rings (SSSR count). The molecule has 0 aliphatic heterocycles. The van der Waals surface area contributed by atoms with Gasteiger partial charge in [0.15, 0.2) is 0 Å². The maximum Gasteiger partial charge on any atom is 0.412 e. The highest BCUT2D eigenvalue weighted by Gasteiger charge is 2.13. The molecule has 1 atom stereocenters. The topological polar surface area (TPSA) is 26.3 Å². The third-order valence-corrected chi connectivity index (χ3v) is 1.55. The van der Waals surface area contributed by atoms with Gasteiger partial charge in [-0.2, -0.15) is 0 Å². The molecule has 0 aromatic heterocycles. The molecule has 0 radical (unpaired) electrons. The molecule has 0 spiro atoms. The average molecular weight is 174 g/mol. The first-order valence-corrected chi connectivity index (χ1v) is 5.06. The molecule has 11 heavy (non-hydrogen) atoms. The smallest absolute Gasteiger partial charge is 0.412 e. The first kappa shape index (κ1) is 8.28. The second-order valence-electron chi connectivity index (χ2n) is 2.15. The molecule has 0 heterocycles. The molecule has 0 bridgehead atoms. The minimum Gasteiger partial charge on any atom is -0.422 e. The van der Waals surface area contributed by atoms with Gasteiger partial charge in [-0.25, -0.2) is 4.57 Å². The average Bonchev–Trinajstić information content (AvgIpc) is 1.85. The van der Waals surface area contributed by atoms with Crippen molar-refractivity contribution in [3.63, 3.8) is 0 Å². The summed E-state index contributed by atoms with van der Waals surface area (Å²) in [5.41, 5.74) is 0. The Morgan fingerprint density at radius 1 is 1.36 bits per heavy atom. The fourth-order valence-corrected chi connectivity index (χ4v) is 1.17. The van der Waals surface area contributed by atoms with Gasteiger partial charge in [0.05, 0.1) is 6.66 Å². The van der Waals surface area contributed by atoms with Crippen LogP contribution in [0.3, 0.4) is 0 Å². The van der Waals surface area contributed by atoms with Crippen molar-refractivity contribution in [3.05, 3.63) is 30.3 Å². The second-order valence-corrected chi connectivity index (χ2v) is 3.83. The van der Waals surface area contributed by atoms with Crippen LogP contribution in [0.2, 0.25) is 0 Å². The Morgan fingerprint density at radius 2 is 1.91 bits per heavy atom. The molecule has 0 aliphatic carbocycles. The van der Waals surface area contributed by atoms with Crippen molar-refractivity contribution in [1.29, 1.82) is 0 Å². The van der Waals surface area contributed by atoms with Gasteiger partial charge < -0.3 is 4.52 Å². The van der Waals surface area contributed by atoms with Crippen LogP contribution in [0.5, 0.6) is 5.75 Å². The van der Waals surface area contributed by atoms with Crippen LogP contribution in [0.25, 0.3) is 0 Å². The van der Waals surface area contributed by atoms with Crippen molar-refractivity contribution in [2.45, 2.75) is 0 Å². The van der Waals surface area contributed by atoms with E-state index in [9.17, 15) is 8.76 Å². The first-order valence-electron chi connectivity index (χ1n) is 3.10. The van der Waals surface area contributed by atoms with Crippen LogP contribution >= 0.6 is 7.68 Å². The molecule has 0 fully saturated rings. The fraction of sp³-hybridized carbons (Fsp3) is 0.143. The summed E-state index contributed by atoms with van der Waals surface area (Å²) in [7, 11) is -3.89. The highest BCUT2D eigenvalue weighted by atomic mass is 31.2. The van der Waals surface area contributed by atoms with Gasteiger partial charge in [0, 0.05) is 0 Å². The van der Waals surface area contributed by atoms with E-state index in [4.69, 9.17) is 0 Å². The van der Waals surface area contributed by atoms with E-state index in [2.05, 4.69) is 4.52 Å². The zero-order chi connectivity index (χ0) is 8.32. The molecule has 1 unspecified atom stereocenters. The predicted molar refractivity (Wildman–Crippen MR) is 41.7 cm³/mol. The Hall–Kier alpha value is -0.820. The van der Waals surface area contributed by atoms with Gasteiger partial charge in [-0.15, -0.1) is 4.20 Å². The van der Waals surface area contributed by atoms with Crippen molar-refractivity contribution in [3.8, 4) is 5.75 Å². The number of rotatable bonds is 2. The summed E-state index contributed by atoms with van der Waals surface area (Å²) in [6, 6.07) is 8.24. The second kappa shape index (κ2) is 3.05. The Balaban J connectivity index is 2.74. The Labute approximate surface area is 64.6 Å². The minimum absolute atomic E-state index is 0.292. The number of para-hydroxylation sites is 1. The maximum atomic E-state index is 12.4. The number of benzene rings is 1. The first-order chi connectivity index (χ1) is 5.08. The summed E-state index contributed by atoms with van der Waals surface area (Å²) in [5, 5.41) is 0. The van der Waals surface area contributed by atoms with E-state index in [0.717, 1.165) is 6.66 Å². The molecular formula is C7H8FO2P. The van der Waals surface area contributed by atoms with Gasteiger partial charge in [-0.05, 0) is 12.1 Å². The highest BCUT2D eigenvalue weighted by Crippen LogP contribution is 2.44. The molecule has 2 nitrogen and oxygen atoms in total. The maximum absolute atomic E-state index is 12.4. The quantitative estimate of drug-likeness (QED) is 0.644. The molecule has 60 valence electrons. The zero-order valence-corrected chi connectivity index (χ0v) is 6.92. The normalized spacial score (nSPS) is 15.5. The lowest BCUT2D eigenvalue weighted by Crippen LogP contribution is -1.83. The van der Waals surface area contributed by atoms with Crippen LogP contribution in [-0.2, 0) is 4.57 Å². The van der Waals surface area contributed by atoms with Crippen molar-refractivity contribution in [1.82, 2.24) is 0 Å². The summed E-state index contributed by atoms with van der Waals surface area (Å²) in [6.45, 7) is 0.931. The largest absolute Gasteiger partial charge is 0.422 e. The molecule has 0 saturated heterocycles. The lowest BCUT2D eigenvalue weighted by atomic mass is 10.3. The standard InChI is InChI=1S/C7H8FO2P/c1-11(8,9)10-7-5-3-2-4-6-7/h2-6H,1H3. The predicted octanol–water partition coefficient (Wildman–Crippen LogP) is 2.86. The van der Waals surface area contributed by atoms with E-state index in [1.54, 1.807) is 30.3 Å². The van der Waals surface area contributed by atoms with Crippen molar-refractivity contribution >= 4 is 7.68 Å². The third kappa shape index (κ3) is 3.19. The van der Waals surface area contributed by atoms with E-state index < -0.39 is 7.68 Å². The summed E-state index contributed by atoms with van der Waals surface area (Å²) in [5.74, 6) is 0.292. The van der Waals surface area contributed by atoms with Crippen LogP contribution in [0, 0.1) is 0 Å². The lowest BCUT2D eigenvalue weighted by molar-refractivity contribution is 0.442. The van der Waals surface area contributed by atoms with Crippen LogP contribution in [-0.4, -0.2) is 6.66 Å². The zero-order valence-electron chi connectivity index (χ0n) is 6.03. The van der Waals surface area contributed by atoms with E-state index in [1.165, 1.54) is 0 Å². The number of halogens is 1. The van der Waals surface area contributed by atoms with Crippen LogP contribution < -0.4 is 4.52 Å². The Kier molecular flexibility index (Phi) is 2.30. The summed E-state index contributed by atoms with van der Waals surface area (Å²) in [4.78, 5) is 0. The molecule has 0 saturated carbocycles. The summed E-state index contributed by atoms with van der Waals surface area (Å²) < 4.78 is 27.4. The van der Waals surface area contributed by atoms with Gasteiger partial charge in [0.25, 0.3) is 0 Å². The van der Waals surface area contributed by atoms with Crippen LogP contribution in [0.1, 0.15) is 0 Å². The van der Waals surface area contributed by atoms with Gasteiger partial charge in [0.1, 0.15) is 5.75 Å². The number of hydrogen-bond donors (Lipinski definition) is 0. The molecule has 0 aliphatic rings. The molecule has 0 amide bonds. The number of hydrogen-bond acceptors (Lipinski definition) is 2. The van der Waals surface area contributed by atoms with E-state index >= 15 is 0 Å². The molecule has 4 heteroatoms. The van der Waals surface area contributed by atoms with E-state index in [0.29, 0.717) is 5.75 Å².